The molecular weight excluding hydrogens is 160 g/mol. The normalized spacial score (nSPS) is 48.0. The van der Waals surface area contributed by atoms with Crippen LogP contribution in [0.4, 0.5) is 0 Å². The van der Waals surface area contributed by atoms with E-state index in [4.69, 9.17) is 0 Å². The molecule has 0 saturated heterocycles. The number of hydrogen-bond donors (Lipinski definition) is 1. The summed E-state index contributed by atoms with van der Waals surface area (Å²) in [4.78, 5) is 0. The van der Waals surface area contributed by atoms with Crippen molar-refractivity contribution in [2.75, 3.05) is 0 Å². The molecule has 0 aromatic rings. The topological polar surface area (TPSA) is 20.2 Å². The molecule has 0 aromatic carbocycles. The molecule has 0 heterocycles. The minimum Gasteiger partial charge on any atom is -0.393 e. The smallest absolute Gasteiger partial charge is 0.0580 e. The van der Waals surface area contributed by atoms with E-state index < -0.39 is 0 Å². The molecule has 1 saturated carbocycles. The first-order valence-corrected chi connectivity index (χ1v) is 5.21. The predicted octanol–water partition coefficient (Wildman–Crippen LogP) is 2.38. The Bertz CT molecular complexity index is 231. The minimum atomic E-state index is -0.0969. The molecule has 2 aliphatic carbocycles. The second-order valence-corrected chi connectivity index (χ2v) is 4.48. The maximum atomic E-state index is 9.86. The Morgan fingerprint density at radius 3 is 3.00 bits per heavy atom. The minimum absolute atomic E-state index is 0.0969. The molecular formula is C12H18O. The van der Waals surface area contributed by atoms with E-state index in [1.807, 2.05) is 6.08 Å². The van der Waals surface area contributed by atoms with Crippen LogP contribution in [-0.2, 0) is 0 Å². The van der Waals surface area contributed by atoms with Crippen LogP contribution in [0.2, 0.25) is 0 Å². The van der Waals surface area contributed by atoms with E-state index in [1.54, 1.807) is 0 Å². The van der Waals surface area contributed by atoms with E-state index in [0.29, 0.717) is 23.7 Å². The van der Waals surface area contributed by atoms with Crippen LogP contribution >= 0.6 is 0 Å². The van der Waals surface area contributed by atoms with Crippen LogP contribution in [0.3, 0.4) is 0 Å². The van der Waals surface area contributed by atoms with Crippen molar-refractivity contribution in [1.82, 2.24) is 0 Å². The zero-order valence-electron chi connectivity index (χ0n) is 8.19. The third-order valence-corrected chi connectivity index (χ3v) is 3.75. The van der Waals surface area contributed by atoms with E-state index in [2.05, 4.69) is 25.7 Å². The molecule has 1 nitrogen and oxygen atoms in total. The standard InChI is InChI=1S/C12H18O/c1-3-4-10-9-6-5-8(2)11(9)7-12(10)13/h3,5-6,8-13H,1,4,7H2,2H3. The molecule has 0 radical (unpaired) electrons. The van der Waals surface area contributed by atoms with Crippen molar-refractivity contribution in [3.05, 3.63) is 24.8 Å². The molecule has 1 fully saturated rings. The molecule has 1 heteroatoms. The maximum Gasteiger partial charge on any atom is 0.0580 e. The number of hydrogen-bond acceptors (Lipinski definition) is 1. The summed E-state index contributed by atoms with van der Waals surface area (Å²) in [6.07, 6.45) is 8.39. The Kier molecular flexibility index (Phi) is 2.29. The summed E-state index contributed by atoms with van der Waals surface area (Å²) < 4.78 is 0. The summed E-state index contributed by atoms with van der Waals surface area (Å²) in [6.45, 7) is 6.01. The number of fused-ring (bicyclic) bond motifs is 1. The molecule has 13 heavy (non-hydrogen) atoms. The fourth-order valence-electron chi connectivity index (χ4n) is 2.99. The van der Waals surface area contributed by atoms with Crippen molar-refractivity contribution in [1.29, 1.82) is 0 Å². The summed E-state index contributed by atoms with van der Waals surface area (Å²) in [5.41, 5.74) is 0. The van der Waals surface area contributed by atoms with Crippen LogP contribution in [0.5, 0.6) is 0 Å². The zero-order chi connectivity index (χ0) is 9.42. The van der Waals surface area contributed by atoms with Gasteiger partial charge in [0, 0.05) is 0 Å². The average molecular weight is 178 g/mol. The maximum absolute atomic E-state index is 9.86. The second kappa shape index (κ2) is 3.30. The average Bonchev–Trinajstić information content (AvgIpc) is 2.58. The summed E-state index contributed by atoms with van der Waals surface area (Å²) in [5.74, 6) is 2.40. The van der Waals surface area contributed by atoms with Gasteiger partial charge in [0.15, 0.2) is 0 Å². The Morgan fingerprint density at radius 2 is 2.31 bits per heavy atom. The van der Waals surface area contributed by atoms with Gasteiger partial charge in [-0.25, -0.2) is 0 Å². The van der Waals surface area contributed by atoms with Crippen LogP contribution in [0, 0.1) is 23.7 Å². The van der Waals surface area contributed by atoms with Crippen LogP contribution in [0.25, 0.3) is 0 Å². The van der Waals surface area contributed by atoms with E-state index in [1.165, 1.54) is 0 Å². The Hall–Kier alpha value is -0.560. The third-order valence-electron chi connectivity index (χ3n) is 3.75. The fourth-order valence-corrected chi connectivity index (χ4v) is 2.99. The quantitative estimate of drug-likeness (QED) is 0.644. The highest BCUT2D eigenvalue weighted by Crippen LogP contribution is 2.47. The molecule has 5 atom stereocenters. The highest BCUT2D eigenvalue weighted by Gasteiger charge is 2.44. The zero-order valence-corrected chi connectivity index (χ0v) is 8.19. The van der Waals surface area contributed by atoms with Crippen molar-refractivity contribution in [3.63, 3.8) is 0 Å². The van der Waals surface area contributed by atoms with Gasteiger partial charge in [-0.1, -0.05) is 25.2 Å². The predicted molar refractivity (Wildman–Crippen MR) is 54.2 cm³/mol. The van der Waals surface area contributed by atoms with Gasteiger partial charge in [-0.15, -0.1) is 6.58 Å². The monoisotopic (exact) mass is 178 g/mol. The SMILES string of the molecule is C=CCC1C(O)CC2C(C)C=CC21. The molecule has 0 spiro atoms. The van der Waals surface area contributed by atoms with Crippen molar-refractivity contribution < 1.29 is 5.11 Å². The lowest BCUT2D eigenvalue weighted by Gasteiger charge is -2.18. The summed E-state index contributed by atoms with van der Waals surface area (Å²) in [6, 6.07) is 0. The van der Waals surface area contributed by atoms with Gasteiger partial charge in [0.2, 0.25) is 0 Å². The molecule has 0 aliphatic heterocycles. The molecule has 2 aliphatic rings. The molecule has 0 amide bonds. The Balaban J connectivity index is 2.12. The van der Waals surface area contributed by atoms with Gasteiger partial charge in [-0.05, 0) is 36.5 Å². The summed E-state index contributed by atoms with van der Waals surface area (Å²) in [7, 11) is 0. The van der Waals surface area contributed by atoms with Gasteiger partial charge in [0.1, 0.15) is 0 Å². The Labute approximate surface area is 80.2 Å². The van der Waals surface area contributed by atoms with Crippen LogP contribution < -0.4 is 0 Å². The highest BCUT2D eigenvalue weighted by atomic mass is 16.3. The van der Waals surface area contributed by atoms with Gasteiger partial charge < -0.3 is 5.11 Å². The largest absolute Gasteiger partial charge is 0.393 e. The molecule has 2 rings (SSSR count). The number of aliphatic hydroxyl groups is 1. The molecule has 0 aromatic heterocycles. The molecule has 5 unspecified atom stereocenters. The van der Waals surface area contributed by atoms with Gasteiger partial charge in [-0.3, -0.25) is 0 Å². The summed E-state index contributed by atoms with van der Waals surface area (Å²) in [5, 5.41) is 9.86. The van der Waals surface area contributed by atoms with Crippen LogP contribution in [0.1, 0.15) is 19.8 Å². The lowest BCUT2D eigenvalue weighted by Crippen LogP contribution is -2.17. The fraction of sp³-hybridized carbons (Fsp3) is 0.667. The van der Waals surface area contributed by atoms with Crippen molar-refractivity contribution in [2.45, 2.75) is 25.9 Å². The number of allylic oxidation sites excluding steroid dienone is 3. The first kappa shape index (κ1) is 9.01. The van der Waals surface area contributed by atoms with E-state index in [9.17, 15) is 5.11 Å². The first-order chi connectivity index (χ1) is 6.24. The van der Waals surface area contributed by atoms with Gasteiger partial charge in [-0.2, -0.15) is 0 Å². The Morgan fingerprint density at radius 1 is 1.54 bits per heavy atom. The van der Waals surface area contributed by atoms with Crippen molar-refractivity contribution in [3.8, 4) is 0 Å². The van der Waals surface area contributed by atoms with E-state index in [-0.39, 0.29) is 6.10 Å². The van der Waals surface area contributed by atoms with Crippen LogP contribution in [-0.4, -0.2) is 11.2 Å². The lowest BCUT2D eigenvalue weighted by atomic mass is 9.87. The van der Waals surface area contributed by atoms with Crippen molar-refractivity contribution in [2.24, 2.45) is 23.7 Å². The summed E-state index contributed by atoms with van der Waals surface area (Å²) >= 11 is 0. The van der Waals surface area contributed by atoms with Gasteiger partial charge in [0.05, 0.1) is 6.10 Å². The third kappa shape index (κ3) is 1.35. The van der Waals surface area contributed by atoms with Gasteiger partial charge >= 0.3 is 0 Å². The van der Waals surface area contributed by atoms with E-state index in [0.717, 1.165) is 12.8 Å². The van der Waals surface area contributed by atoms with Crippen molar-refractivity contribution >= 4 is 0 Å². The molecule has 1 N–H and O–H groups in total. The molecule has 72 valence electrons. The number of rotatable bonds is 2. The van der Waals surface area contributed by atoms with Gasteiger partial charge in [0.25, 0.3) is 0 Å². The number of aliphatic hydroxyl groups excluding tert-OH is 1. The lowest BCUT2D eigenvalue weighted by molar-refractivity contribution is 0.124. The van der Waals surface area contributed by atoms with Crippen LogP contribution in [0.15, 0.2) is 24.8 Å². The highest BCUT2D eigenvalue weighted by molar-refractivity contribution is 5.13. The second-order valence-electron chi connectivity index (χ2n) is 4.48. The van der Waals surface area contributed by atoms with E-state index >= 15 is 0 Å². The first-order valence-electron chi connectivity index (χ1n) is 5.21. The molecule has 0 bridgehead atoms.